The van der Waals surface area contributed by atoms with Gasteiger partial charge in [0.15, 0.2) is 0 Å². The van der Waals surface area contributed by atoms with E-state index in [9.17, 15) is 9.59 Å². The van der Waals surface area contributed by atoms with Crippen molar-refractivity contribution in [2.24, 2.45) is 7.05 Å². The molecule has 2 heterocycles. The van der Waals surface area contributed by atoms with Crippen LogP contribution in [0.15, 0.2) is 12.3 Å². The minimum absolute atomic E-state index is 0.0444. The monoisotopic (exact) mass is 332 g/mol. The number of aromatic nitrogens is 2. The smallest absolute Gasteiger partial charge is 0.236 e. The molecule has 1 aliphatic heterocycles. The van der Waals surface area contributed by atoms with E-state index in [1.54, 1.807) is 27.7 Å². The van der Waals surface area contributed by atoms with Crippen LogP contribution in [0.1, 0.15) is 31.5 Å². The van der Waals surface area contributed by atoms with Crippen LogP contribution in [0.25, 0.3) is 0 Å². The minimum atomic E-state index is -0.146. The van der Waals surface area contributed by atoms with Gasteiger partial charge in [-0.05, 0) is 13.0 Å². The number of hydrogen-bond acceptors (Lipinski definition) is 5. The van der Waals surface area contributed by atoms with Gasteiger partial charge in [0.1, 0.15) is 0 Å². The summed E-state index contributed by atoms with van der Waals surface area (Å²) in [6, 6.07) is 3.65. The van der Waals surface area contributed by atoms with Gasteiger partial charge in [0, 0.05) is 45.8 Å². The van der Waals surface area contributed by atoms with Gasteiger partial charge in [-0.25, -0.2) is 0 Å². The Hall–Kier alpha value is -2.40. The third-order valence-electron chi connectivity index (χ3n) is 4.49. The van der Waals surface area contributed by atoms with Crippen molar-refractivity contribution in [3.8, 4) is 6.07 Å². The van der Waals surface area contributed by atoms with Crippen molar-refractivity contribution < 1.29 is 9.59 Å². The molecule has 2 rings (SSSR count). The maximum atomic E-state index is 12.3. The van der Waals surface area contributed by atoms with Gasteiger partial charge < -0.3 is 15.1 Å². The van der Waals surface area contributed by atoms with Gasteiger partial charge >= 0.3 is 0 Å². The first-order valence-electron chi connectivity index (χ1n) is 8.11. The van der Waals surface area contributed by atoms with Gasteiger partial charge in [-0.2, -0.15) is 10.4 Å². The Balaban J connectivity index is 2.02. The molecule has 1 saturated heterocycles. The van der Waals surface area contributed by atoms with Crippen LogP contribution in [-0.4, -0.2) is 64.1 Å². The summed E-state index contributed by atoms with van der Waals surface area (Å²) in [5.41, 5.74) is 0.935. The average molecular weight is 332 g/mol. The van der Waals surface area contributed by atoms with Gasteiger partial charge in [0.25, 0.3) is 0 Å². The van der Waals surface area contributed by atoms with Crippen molar-refractivity contribution in [2.75, 3.05) is 26.7 Å². The van der Waals surface area contributed by atoms with Crippen LogP contribution in [0.3, 0.4) is 0 Å². The molecule has 2 amide bonds. The number of nitrogens with zero attached hydrogens (tertiary/aromatic N) is 5. The largest absolute Gasteiger partial charge is 0.341 e. The number of carbonyl (C=O) groups excluding carboxylic acids is 2. The highest BCUT2D eigenvalue weighted by Crippen LogP contribution is 2.31. The molecule has 130 valence electrons. The predicted molar refractivity (Wildman–Crippen MR) is 87.6 cm³/mol. The van der Waals surface area contributed by atoms with E-state index in [0.29, 0.717) is 25.9 Å². The summed E-state index contributed by atoms with van der Waals surface area (Å²) in [5, 5.41) is 16.1. The summed E-state index contributed by atoms with van der Waals surface area (Å²) < 4.78 is 1.75. The van der Waals surface area contributed by atoms with Crippen LogP contribution in [0, 0.1) is 11.3 Å². The number of nitriles is 1. The van der Waals surface area contributed by atoms with Gasteiger partial charge in [-0.3, -0.25) is 14.3 Å². The van der Waals surface area contributed by atoms with E-state index in [0.717, 1.165) is 5.69 Å². The molecule has 8 heteroatoms. The SMILES string of the molecule is CCN(CCC#N)C(=O)CN[C@@H]1CC(=O)N(C)[C@H]1c1ccnn1C. The fraction of sp³-hybridized carbons (Fsp3) is 0.625. The Labute approximate surface area is 142 Å². The van der Waals surface area contributed by atoms with Gasteiger partial charge in [0.2, 0.25) is 11.8 Å². The predicted octanol–water partition coefficient (Wildman–Crippen LogP) is 0.0437. The number of likely N-dealkylation sites (tertiary alicyclic amines) is 1. The van der Waals surface area contributed by atoms with E-state index < -0.39 is 0 Å². The molecule has 0 spiro atoms. The highest BCUT2D eigenvalue weighted by Gasteiger charge is 2.39. The molecular formula is C16H24N6O2. The molecule has 0 unspecified atom stereocenters. The Bertz CT molecular complexity index is 635. The van der Waals surface area contributed by atoms with E-state index >= 15 is 0 Å². The maximum Gasteiger partial charge on any atom is 0.236 e. The summed E-state index contributed by atoms with van der Waals surface area (Å²) in [7, 11) is 3.61. The first kappa shape index (κ1) is 17.9. The number of likely N-dealkylation sites (N-methyl/N-ethyl adjacent to an activating group) is 2. The normalized spacial score (nSPS) is 20.2. The number of nitrogens with one attached hydrogen (secondary N) is 1. The van der Waals surface area contributed by atoms with Crippen LogP contribution >= 0.6 is 0 Å². The van der Waals surface area contributed by atoms with E-state index in [1.807, 2.05) is 20.0 Å². The van der Waals surface area contributed by atoms with Crippen molar-refractivity contribution >= 4 is 11.8 Å². The van der Waals surface area contributed by atoms with Crippen molar-refractivity contribution in [1.82, 2.24) is 24.9 Å². The van der Waals surface area contributed by atoms with Crippen LogP contribution in [-0.2, 0) is 16.6 Å². The van der Waals surface area contributed by atoms with Crippen LogP contribution in [0.4, 0.5) is 0 Å². The van der Waals surface area contributed by atoms with E-state index in [4.69, 9.17) is 5.26 Å². The average Bonchev–Trinajstić information content (AvgIpc) is 3.09. The lowest BCUT2D eigenvalue weighted by molar-refractivity contribution is -0.130. The first-order chi connectivity index (χ1) is 11.5. The van der Waals surface area contributed by atoms with E-state index in [1.165, 1.54) is 0 Å². The Morgan fingerprint density at radius 3 is 2.88 bits per heavy atom. The Morgan fingerprint density at radius 2 is 2.29 bits per heavy atom. The number of hydrogen-bond donors (Lipinski definition) is 1. The highest BCUT2D eigenvalue weighted by atomic mass is 16.2. The van der Waals surface area contributed by atoms with Crippen LogP contribution < -0.4 is 5.32 Å². The number of amides is 2. The molecule has 8 nitrogen and oxygen atoms in total. The van der Waals surface area contributed by atoms with Gasteiger partial charge in [-0.1, -0.05) is 0 Å². The zero-order chi connectivity index (χ0) is 17.7. The molecular weight excluding hydrogens is 308 g/mol. The fourth-order valence-electron chi connectivity index (χ4n) is 3.11. The second-order valence-electron chi connectivity index (χ2n) is 5.90. The van der Waals surface area contributed by atoms with E-state index in [-0.39, 0.29) is 30.4 Å². The molecule has 0 radical (unpaired) electrons. The zero-order valence-electron chi connectivity index (χ0n) is 14.4. The standard InChI is InChI=1S/C16H24N6O2/c1-4-22(9-5-7-17)15(24)11-18-12-10-14(23)20(2)16(12)13-6-8-19-21(13)3/h6,8,12,16,18H,4-5,9-11H2,1-3H3/t12-,16-/m1/s1. The lowest BCUT2D eigenvalue weighted by Gasteiger charge is -2.26. The lowest BCUT2D eigenvalue weighted by atomic mass is 10.1. The quantitative estimate of drug-likeness (QED) is 0.761. The molecule has 1 aliphatic rings. The maximum absolute atomic E-state index is 12.3. The minimum Gasteiger partial charge on any atom is -0.341 e. The molecule has 1 N–H and O–H groups in total. The number of aryl methyl sites for hydroxylation is 1. The fourth-order valence-corrected chi connectivity index (χ4v) is 3.11. The van der Waals surface area contributed by atoms with Crippen molar-refractivity contribution in [2.45, 2.75) is 31.8 Å². The van der Waals surface area contributed by atoms with E-state index in [2.05, 4.69) is 16.5 Å². The van der Waals surface area contributed by atoms with Crippen LogP contribution in [0.2, 0.25) is 0 Å². The Morgan fingerprint density at radius 1 is 1.54 bits per heavy atom. The molecule has 0 saturated carbocycles. The molecule has 1 aromatic rings. The zero-order valence-corrected chi connectivity index (χ0v) is 14.4. The molecule has 2 atom stereocenters. The highest BCUT2D eigenvalue weighted by molar-refractivity contribution is 5.81. The molecule has 0 aromatic carbocycles. The third-order valence-corrected chi connectivity index (χ3v) is 4.49. The number of carbonyl (C=O) groups is 2. The molecule has 1 fully saturated rings. The van der Waals surface area contributed by atoms with Gasteiger partial charge in [0.05, 0.1) is 30.8 Å². The topological polar surface area (TPSA) is 94.3 Å². The van der Waals surface area contributed by atoms with Crippen molar-refractivity contribution in [3.63, 3.8) is 0 Å². The number of rotatable bonds is 7. The second kappa shape index (κ2) is 7.93. The molecule has 1 aromatic heterocycles. The van der Waals surface area contributed by atoms with Gasteiger partial charge in [-0.15, -0.1) is 0 Å². The third kappa shape index (κ3) is 3.74. The molecule has 0 aliphatic carbocycles. The van der Waals surface area contributed by atoms with Crippen molar-refractivity contribution in [1.29, 1.82) is 5.26 Å². The van der Waals surface area contributed by atoms with Crippen LogP contribution in [0.5, 0.6) is 0 Å². The Kier molecular flexibility index (Phi) is 5.93. The second-order valence-corrected chi connectivity index (χ2v) is 5.90. The summed E-state index contributed by atoms with van der Waals surface area (Å²) in [5.74, 6) is -0.0125. The summed E-state index contributed by atoms with van der Waals surface area (Å²) in [6.07, 6.45) is 2.38. The first-order valence-corrected chi connectivity index (χ1v) is 8.11. The molecule has 0 bridgehead atoms. The summed E-state index contributed by atoms with van der Waals surface area (Å²) in [6.45, 7) is 3.04. The summed E-state index contributed by atoms with van der Waals surface area (Å²) >= 11 is 0. The summed E-state index contributed by atoms with van der Waals surface area (Å²) in [4.78, 5) is 27.7. The molecule has 24 heavy (non-hydrogen) atoms. The van der Waals surface area contributed by atoms with Crippen molar-refractivity contribution in [3.05, 3.63) is 18.0 Å². The lowest BCUT2D eigenvalue weighted by Crippen LogP contribution is -2.44.